The SMILES string of the molecule is Cc1cc(C)cc(CNCCCc2ccccc2)c1. The molecule has 0 unspecified atom stereocenters. The Morgan fingerprint density at radius 2 is 1.53 bits per heavy atom. The van der Waals surface area contributed by atoms with Crippen LogP contribution in [0.4, 0.5) is 0 Å². The topological polar surface area (TPSA) is 12.0 Å². The van der Waals surface area contributed by atoms with Gasteiger partial charge in [0.2, 0.25) is 0 Å². The van der Waals surface area contributed by atoms with Crippen LogP contribution in [0.2, 0.25) is 0 Å². The second kappa shape index (κ2) is 7.10. The van der Waals surface area contributed by atoms with Crippen molar-refractivity contribution in [3.8, 4) is 0 Å². The van der Waals surface area contributed by atoms with Gasteiger partial charge < -0.3 is 5.32 Å². The molecule has 2 rings (SSSR count). The second-order valence-corrected chi connectivity index (χ2v) is 5.26. The fourth-order valence-electron chi connectivity index (χ4n) is 2.47. The third-order valence-electron chi connectivity index (χ3n) is 3.27. The average Bonchev–Trinajstić information content (AvgIpc) is 2.38. The van der Waals surface area contributed by atoms with Gasteiger partial charge >= 0.3 is 0 Å². The van der Waals surface area contributed by atoms with Crippen molar-refractivity contribution in [1.82, 2.24) is 5.32 Å². The maximum Gasteiger partial charge on any atom is 0.0205 e. The van der Waals surface area contributed by atoms with Gasteiger partial charge in [-0.1, -0.05) is 59.7 Å². The van der Waals surface area contributed by atoms with Gasteiger partial charge in [0.1, 0.15) is 0 Å². The Kier molecular flexibility index (Phi) is 5.17. The van der Waals surface area contributed by atoms with Gasteiger partial charge in [0.05, 0.1) is 0 Å². The molecule has 0 saturated heterocycles. The summed E-state index contributed by atoms with van der Waals surface area (Å²) in [5.41, 5.74) is 5.51. The molecule has 2 aromatic carbocycles. The summed E-state index contributed by atoms with van der Waals surface area (Å²) >= 11 is 0. The first-order valence-corrected chi connectivity index (χ1v) is 7.06. The number of hydrogen-bond donors (Lipinski definition) is 1. The Labute approximate surface area is 116 Å². The first-order valence-electron chi connectivity index (χ1n) is 7.06. The predicted molar refractivity (Wildman–Crippen MR) is 82.4 cm³/mol. The van der Waals surface area contributed by atoms with Crippen LogP contribution in [0.15, 0.2) is 48.5 Å². The molecule has 0 bridgehead atoms. The number of aryl methyl sites for hydroxylation is 3. The van der Waals surface area contributed by atoms with Crippen molar-refractivity contribution in [3.63, 3.8) is 0 Å². The molecule has 1 heteroatoms. The second-order valence-electron chi connectivity index (χ2n) is 5.26. The van der Waals surface area contributed by atoms with Crippen molar-refractivity contribution >= 4 is 0 Å². The maximum absolute atomic E-state index is 3.53. The predicted octanol–water partition coefficient (Wildman–Crippen LogP) is 4.03. The zero-order valence-corrected chi connectivity index (χ0v) is 11.9. The Balaban J connectivity index is 1.69. The zero-order valence-electron chi connectivity index (χ0n) is 11.9. The molecular formula is C18H23N. The molecular weight excluding hydrogens is 230 g/mol. The monoisotopic (exact) mass is 253 g/mol. The van der Waals surface area contributed by atoms with Gasteiger partial charge in [-0.15, -0.1) is 0 Å². The quantitative estimate of drug-likeness (QED) is 0.767. The van der Waals surface area contributed by atoms with Crippen molar-refractivity contribution in [2.75, 3.05) is 6.54 Å². The lowest BCUT2D eigenvalue weighted by molar-refractivity contribution is 0.649. The average molecular weight is 253 g/mol. The minimum Gasteiger partial charge on any atom is -0.313 e. The van der Waals surface area contributed by atoms with Gasteiger partial charge in [-0.3, -0.25) is 0 Å². The largest absolute Gasteiger partial charge is 0.313 e. The fraction of sp³-hybridized carbons (Fsp3) is 0.333. The Morgan fingerprint density at radius 1 is 0.842 bits per heavy atom. The number of hydrogen-bond acceptors (Lipinski definition) is 1. The Bertz CT molecular complexity index is 482. The summed E-state index contributed by atoms with van der Waals surface area (Å²) in [6, 6.07) is 17.4. The van der Waals surface area contributed by atoms with Crippen LogP contribution in [0, 0.1) is 13.8 Å². The van der Waals surface area contributed by atoms with Crippen LogP contribution in [0.3, 0.4) is 0 Å². The minimum atomic E-state index is 0.970. The lowest BCUT2D eigenvalue weighted by Crippen LogP contribution is -2.15. The summed E-state index contributed by atoms with van der Waals surface area (Å²) in [5, 5.41) is 3.53. The summed E-state index contributed by atoms with van der Waals surface area (Å²) in [5.74, 6) is 0. The van der Waals surface area contributed by atoms with Crippen molar-refractivity contribution in [2.45, 2.75) is 33.2 Å². The van der Waals surface area contributed by atoms with Crippen molar-refractivity contribution < 1.29 is 0 Å². The maximum atomic E-state index is 3.53. The van der Waals surface area contributed by atoms with Crippen LogP contribution in [0.1, 0.15) is 28.7 Å². The van der Waals surface area contributed by atoms with E-state index in [0.717, 1.165) is 19.5 Å². The molecule has 0 aromatic heterocycles. The van der Waals surface area contributed by atoms with Crippen molar-refractivity contribution in [3.05, 3.63) is 70.8 Å². The van der Waals surface area contributed by atoms with Gasteiger partial charge in [0.15, 0.2) is 0 Å². The molecule has 19 heavy (non-hydrogen) atoms. The lowest BCUT2D eigenvalue weighted by Gasteiger charge is -2.07. The molecule has 0 fully saturated rings. The van der Waals surface area contributed by atoms with E-state index in [1.54, 1.807) is 0 Å². The molecule has 0 aliphatic rings. The van der Waals surface area contributed by atoms with E-state index in [-0.39, 0.29) is 0 Å². The molecule has 0 atom stereocenters. The molecule has 100 valence electrons. The summed E-state index contributed by atoms with van der Waals surface area (Å²) < 4.78 is 0. The first kappa shape index (κ1) is 13.8. The van der Waals surface area contributed by atoms with Crippen LogP contribution >= 0.6 is 0 Å². The van der Waals surface area contributed by atoms with E-state index in [2.05, 4.69) is 67.7 Å². The molecule has 0 radical (unpaired) electrons. The van der Waals surface area contributed by atoms with Crippen LogP contribution in [0.5, 0.6) is 0 Å². The molecule has 0 spiro atoms. The third-order valence-corrected chi connectivity index (χ3v) is 3.27. The van der Waals surface area contributed by atoms with E-state index in [1.165, 1.54) is 28.7 Å². The van der Waals surface area contributed by atoms with Crippen LogP contribution in [0.25, 0.3) is 0 Å². The molecule has 1 N–H and O–H groups in total. The normalized spacial score (nSPS) is 10.6. The Hall–Kier alpha value is -1.60. The summed E-state index contributed by atoms with van der Waals surface area (Å²) in [7, 11) is 0. The van der Waals surface area contributed by atoms with Crippen molar-refractivity contribution in [2.24, 2.45) is 0 Å². The van der Waals surface area contributed by atoms with Crippen LogP contribution in [-0.2, 0) is 13.0 Å². The highest BCUT2D eigenvalue weighted by Crippen LogP contribution is 2.08. The number of rotatable bonds is 6. The van der Waals surface area contributed by atoms with Gasteiger partial charge in [-0.25, -0.2) is 0 Å². The van der Waals surface area contributed by atoms with Gasteiger partial charge in [0.25, 0.3) is 0 Å². The highest BCUT2D eigenvalue weighted by Gasteiger charge is 1.96. The summed E-state index contributed by atoms with van der Waals surface area (Å²) in [6.07, 6.45) is 2.34. The number of nitrogens with one attached hydrogen (secondary N) is 1. The molecule has 0 aliphatic carbocycles. The molecule has 0 aliphatic heterocycles. The third kappa shape index (κ3) is 4.88. The van der Waals surface area contributed by atoms with Crippen molar-refractivity contribution in [1.29, 1.82) is 0 Å². The zero-order chi connectivity index (χ0) is 13.5. The standard InChI is InChI=1S/C18H23N/c1-15-11-16(2)13-18(12-15)14-19-10-6-9-17-7-4-3-5-8-17/h3-5,7-8,11-13,19H,6,9-10,14H2,1-2H3. The molecule has 0 saturated carbocycles. The van der Waals surface area contributed by atoms with Gasteiger partial charge in [0, 0.05) is 6.54 Å². The fourth-order valence-corrected chi connectivity index (χ4v) is 2.47. The van der Waals surface area contributed by atoms with E-state index in [0.29, 0.717) is 0 Å². The van der Waals surface area contributed by atoms with E-state index in [1.807, 2.05) is 0 Å². The highest BCUT2D eigenvalue weighted by atomic mass is 14.8. The molecule has 0 amide bonds. The molecule has 2 aromatic rings. The lowest BCUT2D eigenvalue weighted by atomic mass is 10.1. The van der Waals surface area contributed by atoms with E-state index >= 15 is 0 Å². The van der Waals surface area contributed by atoms with E-state index in [9.17, 15) is 0 Å². The Morgan fingerprint density at radius 3 is 2.21 bits per heavy atom. The highest BCUT2D eigenvalue weighted by molar-refractivity contribution is 5.28. The van der Waals surface area contributed by atoms with E-state index < -0.39 is 0 Å². The molecule has 0 heterocycles. The number of benzene rings is 2. The molecule has 1 nitrogen and oxygen atoms in total. The smallest absolute Gasteiger partial charge is 0.0205 e. The van der Waals surface area contributed by atoms with Crippen LogP contribution < -0.4 is 5.32 Å². The minimum absolute atomic E-state index is 0.970. The summed E-state index contributed by atoms with van der Waals surface area (Å²) in [6.45, 7) is 6.36. The summed E-state index contributed by atoms with van der Waals surface area (Å²) in [4.78, 5) is 0. The van der Waals surface area contributed by atoms with Gasteiger partial charge in [-0.05, 0) is 44.4 Å². The van der Waals surface area contributed by atoms with Gasteiger partial charge in [-0.2, -0.15) is 0 Å². The van der Waals surface area contributed by atoms with E-state index in [4.69, 9.17) is 0 Å². The van der Waals surface area contributed by atoms with Crippen LogP contribution in [-0.4, -0.2) is 6.54 Å². The first-order chi connectivity index (χ1) is 9.24.